The zero-order chi connectivity index (χ0) is 17.0. The van der Waals surface area contributed by atoms with Crippen molar-refractivity contribution >= 4 is 27.6 Å². The molecule has 2 aliphatic carbocycles. The van der Waals surface area contributed by atoms with Gasteiger partial charge < -0.3 is 9.47 Å². The van der Waals surface area contributed by atoms with Crippen molar-refractivity contribution in [3.63, 3.8) is 0 Å². The third-order valence-corrected chi connectivity index (χ3v) is 6.83. The van der Waals surface area contributed by atoms with Crippen LogP contribution in [0.2, 0.25) is 5.21 Å². The van der Waals surface area contributed by atoms with E-state index in [0.717, 1.165) is 25.7 Å². The molecule has 0 aromatic carbocycles. The Bertz CT molecular complexity index is 529. The predicted octanol–water partition coefficient (Wildman–Crippen LogP) is 2.15. The second-order valence-corrected chi connectivity index (χ2v) is 8.09. The molecule has 3 aliphatic rings. The number of carbonyl (C=O) groups is 2. The number of hydrogen-bond donors (Lipinski definition) is 0. The molecule has 0 amide bonds. The largest absolute Gasteiger partial charge is 0.465 e. The van der Waals surface area contributed by atoms with E-state index in [1.54, 1.807) is 13.8 Å². The van der Waals surface area contributed by atoms with Gasteiger partial charge in [0.25, 0.3) is 0 Å². The van der Waals surface area contributed by atoms with Crippen LogP contribution in [0.1, 0.15) is 52.9 Å². The fraction of sp³-hybridized carbons (Fsp3) is 0.882. The third-order valence-electron chi connectivity index (χ3n) is 6.83. The normalized spacial score (nSPS) is 38.6. The molecule has 6 heteroatoms. The minimum Gasteiger partial charge on any atom is -0.465 e. The standard InChI is InChI=1S/C17H24B2O4/c1-4-15(2,16(3,18)19)13(20)23-12-8-11-7-10(12)9-17(11)5-6-22-14(17)21/h10-12H,4-9H2,1-3H3. The molecule has 0 N–H and O–H groups in total. The summed E-state index contributed by atoms with van der Waals surface area (Å²) >= 11 is 0. The molecule has 5 unspecified atom stereocenters. The molecular weight excluding hydrogens is 290 g/mol. The SMILES string of the molecule is [B]C([B])(C)C(C)(CC)C(=O)OC1CC2CC1CC21CCOC1=O. The molecule has 3 fully saturated rings. The maximum Gasteiger partial charge on any atom is 0.312 e. The van der Waals surface area contributed by atoms with Crippen LogP contribution in [0.3, 0.4) is 0 Å². The first-order valence-corrected chi connectivity index (χ1v) is 8.60. The molecule has 1 aliphatic heterocycles. The molecule has 4 radical (unpaired) electrons. The van der Waals surface area contributed by atoms with E-state index in [1.165, 1.54) is 0 Å². The lowest BCUT2D eigenvalue weighted by Crippen LogP contribution is -2.44. The van der Waals surface area contributed by atoms with E-state index in [4.69, 9.17) is 25.2 Å². The van der Waals surface area contributed by atoms with E-state index < -0.39 is 10.6 Å². The fourth-order valence-electron chi connectivity index (χ4n) is 4.67. The third kappa shape index (κ3) is 2.35. The summed E-state index contributed by atoms with van der Waals surface area (Å²) < 4.78 is 11.0. The van der Waals surface area contributed by atoms with Gasteiger partial charge in [0.1, 0.15) is 6.10 Å². The lowest BCUT2D eigenvalue weighted by molar-refractivity contribution is -0.166. The van der Waals surface area contributed by atoms with Crippen molar-refractivity contribution in [2.45, 2.75) is 64.2 Å². The Kier molecular flexibility index (Phi) is 3.89. The molecule has 1 heterocycles. The molecule has 122 valence electrons. The molecule has 5 atom stereocenters. The molecule has 2 saturated carbocycles. The van der Waals surface area contributed by atoms with Crippen molar-refractivity contribution in [1.29, 1.82) is 0 Å². The Morgan fingerprint density at radius 2 is 2.09 bits per heavy atom. The zero-order valence-electron chi connectivity index (χ0n) is 14.3. The summed E-state index contributed by atoms with van der Waals surface area (Å²) in [6.07, 6.45) is 3.67. The lowest BCUT2D eigenvalue weighted by atomic mass is 9.43. The second kappa shape index (κ2) is 5.29. The van der Waals surface area contributed by atoms with Gasteiger partial charge in [-0.2, -0.15) is 0 Å². The van der Waals surface area contributed by atoms with E-state index in [0.29, 0.717) is 13.0 Å². The average Bonchev–Trinajstić information content (AvgIpc) is 3.13. The minimum absolute atomic E-state index is 0.0512. The first-order valence-electron chi connectivity index (χ1n) is 8.60. The molecule has 1 spiro atoms. The van der Waals surface area contributed by atoms with Crippen molar-refractivity contribution in [2.75, 3.05) is 6.61 Å². The Hall–Kier alpha value is -0.930. The summed E-state index contributed by atoms with van der Waals surface area (Å²) in [4.78, 5) is 24.8. The second-order valence-electron chi connectivity index (χ2n) is 8.09. The van der Waals surface area contributed by atoms with Gasteiger partial charge in [-0.3, -0.25) is 9.59 Å². The van der Waals surface area contributed by atoms with Gasteiger partial charge in [0, 0.05) is 0 Å². The van der Waals surface area contributed by atoms with E-state index in [2.05, 4.69) is 0 Å². The molecule has 23 heavy (non-hydrogen) atoms. The van der Waals surface area contributed by atoms with Crippen LogP contribution in [0.25, 0.3) is 0 Å². The smallest absolute Gasteiger partial charge is 0.312 e. The van der Waals surface area contributed by atoms with Gasteiger partial charge in [-0.15, -0.1) is 0 Å². The number of ether oxygens (including phenoxy) is 2. The first-order chi connectivity index (χ1) is 10.6. The average molecular weight is 314 g/mol. The highest BCUT2D eigenvalue weighted by Crippen LogP contribution is 2.60. The van der Waals surface area contributed by atoms with Crippen molar-refractivity contribution in [3.8, 4) is 0 Å². The maximum atomic E-state index is 12.7. The summed E-state index contributed by atoms with van der Waals surface area (Å²) in [5.74, 6) is 0.144. The molecular formula is C17H24B2O4. The Morgan fingerprint density at radius 1 is 1.39 bits per heavy atom. The summed E-state index contributed by atoms with van der Waals surface area (Å²) in [7, 11) is 12.0. The van der Waals surface area contributed by atoms with Crippen LogP contribution in [-0.4, -0.2) is 40.3 Å². The van der Waals surface area contributed by atoms with E-state index in [-0.39, 0.29) is 35.3 Å². The molecule has 2 bridgehead atoms. The Labute approximate surface area is 140 Å². The molecule has 0 aromatic rings. The summed E-state index contributed by atoms with van der Waals surface area (Å²) in [5, 5.41) is -1.13. The zero-order valence-corrected chi connectivity index (χ0v) is 14.3. The van der Waals surface area contributed by atoms with Gasteiger partial charge in [-0.25, -0.2) is 0 Å². The van der Waals surface area contributed by atoms with Crippen LogP contribution in [0, 0.1) is 22.7 Å². The topological polar surface area (TPSA) is 52.6 Å². The van der Waals surface area contributed by atoms with Crippen molar-refractivity contribution < 1.29 is 19.1 Å². The number of carbonyl (C=O) groups excluding carboxylic acids is 2. The van der Waals surface area contributed by atoms with Crippen molar-refractivity contribution in [3.05, 3.63) is 0 Å². The van der Waals surface area contributed by atoms with Crippen LogP contribution in [0.4, 0.5) is 0 Å². The van der Waals surface area contributed by atoms with Gasteiger partial charge >= 0.3 is 11.9 Å². The lowest BCUT2D eigenvalue weighted by Gasteiger charge is -2.42. The van der Waals surface area contributed by atoms with Crippen molar-refractivity contribution in [2.24, 2.45) is 22.7 Å². The minimum atomic E-state index is -1.13. The van der Waals surface area contributed by atoms with E-state index in [9.17, 15) is 9.59 Å². The number of hydrogen-bond acceptors (Lipinski definition) is 4. The van der Waals surface area contributed by atoms with Crippen molar-refractivity contribution in [1.82, 2.24) is 0 Å². The van der Waals surface area contributed by atoms with Crippen LogP contribution in [0.15, 0.2) is 0 Å². The van der Waals surface area contributed by atoms with E-state index in [1.807, 2.05) is 6.92 Å². The highest BCUT2D eigenvalue weighted by atomic mass is 16.5. The highest BCUT2D eigenvalue weighted by molar-refractivity contribution is 6.41. The molecule has 0 aromatic heterocycles. The van der Waals surface area contributed by atoms with Crippen LogP contribution in [0.5, 0.6) is 0 Å². The Morgan fingerprint density at radius 3 is 2.52 bits per heavy atom. The van der Waals surface area contributed by atoms with Gasteiger partial charge in [0.15, 0.2) is 0 Å². The van der Waals surface area contributed by atoms with Crippen LogP contribution < -0.4 is 0 Å². The molecule has 4 nitrogen and oxygen atoms in total. The fourth-order valence-corrected chi connectivity index (χ4v) is 4.67. The van der Waals surface area contributed by atoms with Gasteiger partial charge in [0.05, 0.1) is 33.1 Å². The van der Waals surface area contributed by atoms with Crippen LogP contribution in [-0.2, 0) is 19.1 Å². The summed E-state index contributed by atoms with van der Waals surface area (Å²) in [6.45, 7) is 5.84. The summed E-state index contributed by atoms with van der Waals surface area (Å²) in [5.41, 5.74) is -1.23. The first kappa shape index (κ1) is 16.9. The maximum absolute atomic E-state index is 12.7. The van der Waals surface area contributed by atoms with E-state index >= 15 is 0 Å². The monoisotopic (exact) mass is 314 g/mol. The number of rotatable bonds is 4. The Balaban J connectivity index is 1.68. The predicted molar refractivity (Wildman–Crippen MR) is 87.0 cm³/mol. The quantitative estimate of drug-likeness (QED) is 0.589. The molecule has 1 saturated heterocycles. The summed E-state index contributed by atoms with van der Waals surface area (Å²) in [6, 6.07) is 0. The van der Waals surface area contributed by atoms with Gasteiger partial charge in [0.2, 0.25) is 0 Å². The number of esters is 2. The van der Waals surface area contributed by atoms with Crippen LogP contribution >= 0.6 is 0 Å². The highest BCUT2D eigenvalue weighted by Gasteiger charge is 2.62. The number of fused-ring (bicyclic) bond motifs is 3. The number of cyclic esters (lactones) is 1. The van der Waals surface area contributed by atoms with Gasteiger partial charge in [-0.05, 0) is 50.9 Å². The van der Waals surface area contributed by atoms with Gasteiger partial charge in [-0.1, -0.05) is 19.1 Å². The molecule has 3 rings (SSSR count).